The molecule has 4 rings (SSSR count). The summed E-state index contributed by atoms with van der Waals surface area (Å²) in [5, 5.41) is 16.1. The van der Waals surface area contributed by atoms with Crippen molar-refractivity contribution in [3.05, 3.63) is 125 Å². The van der Waals surface area contributed by atoms with Gasteiger partial charge in [0.2, 0.25) is 0 Å². The molecule has 0 fully saturated rings. The summed E-state index contributed by atoms with van der Waals surface area (Å²) in [5.41, 5.74) is 0.112. The molecular formula is C24H20NO2P. The quantitative estimate of drug-likeness (QED) is 0.297. The van der Waals surface area contributed by atoms with Crippen molar-refractivity contribution in [2.75, 3.05) is 0 Å². The second kappa shape index (κ2) is 7.75. The first-order valence-corrected chi connectivity index (χ1v) is 11.1. The third-order valence-electron chi connectivity index (χ3n) is 5.13. The molecule has 0 unspecified atom stereocenters. The Balaban J connectivity index is 2.08. The van der Waals surface area contributed by atoms with Gasteiger partial charge < -0.3 is 0 Å². The molecule has 0 saturated carbocycles. The standard InChI is InChI=1S/C24H20NO2P/c26-25(27)20-16-18-24(19-17-20)28(21-10-4-1-5-11-21,22-12-6-2-7-13-22)23-14-8-3-9-15-23/h1-19,28H. The van der Waals surface area contributed by atoms with Crippen LogP contribution in [0.25, 0.3) is 0 Å². The average Bonchev–Trinajstić information content (AvgIpc) is 2.77. The number of non-ortho nitro benzene ring substituents is 1. The van der Waals surface area contributed by atoms with Crippen molar-refractivity contribution in [3.63, 3.8) is 0 Å². The average molecular weight is 385 g/mol. The first kappa shape index (κ1) is 18.1. The molecule has 0 aliphatic heterocycles. The Morgan fingerprint density at radius 3 is 1.14 bits per heavy atom. The van der Waals surface area contributed by atoms with Gasteiger partial charge in [0.15, 0.2) is 0 Å². The fourth-order valence-electron chi connectivity index (χ4n) is 3.90. The zero-order valence-electron chi connectivity index (χ0n) is 15.2. The van der Waals surface area contributed by atoms with E-state index in [1.54, 1.807) is 12.1 Å². The minimum absolute atomic E-state index is 0.112. The molecule has 0 bridgehead atoms. The number of hydrogen-bond acceptors (Lipinski definition) is 2. The van der Waals surface area contributed by atoms with Crippen LogP contribution in [0.3, 0.4) is 0 Å². The fraction of sp³-hybridized carbons (Fsp3) is 0. The van der Waals surface area contributed by atoms with Gasteiger partial charge in [-0.25, -0.2) is 0 Å². The van der Waals surface area contributed by atoms with Gasteiger partial charge in [-0.15, -0.1) is 0 Å². The molecule has 0 aliphatic rings. The topological polar surface area (TPSA) is 43.1 Å². The molecule has 4 heteroatoms. The Kier molecular flexibility index (Phi) is 5.01. The van der Waals surface area contributed by atoms with Gasteiger partial charge in [-0.2, -0.15) is 0 Å². The molecule has 0 aliphatic carbocycles. The predicted octanol–water partition coefficient (Wildman–Crippen LogP) is 3.95. The van der Waals surface area contributed by atoms with Crippen molar-refractivity contribution in [3.8, 4) is 0 Å². The second-order valence-electron chi connectivity index (χ2n) is 6.65. The van der Waals surface area contributed by atoms with E-state index in [-0.39, 0.29) is 10.6 Å². The van der Waals surface area contributed by atoms with E-state index in [1.807, 2.05) is 30.3 Å². The Labute approximate surface area is 164 Å². The molecule has 3 nitrogen and oxygen atoms in total. The summed E-state index contributed by atoms with van der Waals surface area (Å²) in [6.45, 7) is 0. The number of nitro benzene ring substituents is 1. The molecule has 138 valence electrons. The molecule has 28 heavy (non-hydrogen) atoms. The van der Waals surface area contributed by atoms with E-state index in [2.05, 4.69) is 72.8 Å². The van der Waals surface area contributed by atoms with E-state index >= 15 is 0 Å². The molecule has 0 N–H and O–H groups in total. The summed E-state index contributed by atoms with van der Waals surface area (Å²) in [6.07, 6.45) is 0. The van der Waals surface area contributed by atoms with Crippen LogP contribution in [-0.2, 0) is 0 Å². The van der Waals surface area contributed by atoms with Gasteiger partial charge in [0.25, 0.3) is 0 Å². The third kappa shape index (κ3) is 3.11. The molecule has 4 aromatic carbocycles. The Morgan fingerprint density at radius 2 is 0.821 bits per heavy atom. The molecular weight excluding hydrogens is 365 g/mol. The van der Waals surface area contributed by atoms with Crippen LogP contribution in [0.5, 0.6) is 0 Å². The second-order valence-corrected chi connectivity index (χ2v) is 10.5. The first-order chi connectivity index (χ1) is 13.7. The van der Waals surface area contributed by atoms with Crippen molar-refractivity contribution in [2.45, 2.75) is 0 Å². The minimum atomic E-state index is -2.58. The Hall–Kier alpha value is -3.29. The zero-order valence-corrected chi connectivity index (χ0v) is 16.2. The molecule has 0 atom stereocenters. The van der Waals surface area contributed by atoms with Gasteiger partial charge in [0.05, 0.1) is 0 Å². The van der Waals surface area contributed by atoms with Crippen LogP contribution in [0, 0.1) is 10.1 Å². The van der Waals surface area contributed by atoms with Crippen molar-refractivity contribution in [1.29, 1.82) is 0 Å². The monoisotopic (exact) mass is 385 g/mol. The van der Waals surface area contributed by atoms with Gasteiger partial charge in [-0.3, -0.25) is 0 Å². The summed E-state index contributed by atoms with van der Waals surface area (Å²) < 4.78 is 0. The van der Waals surface area contributed by atoms with Crippen LogP contribution in [0.4, 0.5) is 5.69 Å². The number of nitrogens with zero attached hydrogens (tertiary/aromatic N) is 1. The molecule has 0 radical (unpaired) electrons. The van der Waals surface area contributed by atoms with E-state index in [4.69, 9.17) is 0 Å². The van der Waals surface area contributed by atoms with Crippen LogP contribution in [0.2, 0.25) is 0 Å². The van der Waals surface area contributed by atoms with Gasteiger partial charge in [0, 0.05) is 0 Å². The van der Waals surface area contributed by atoms with E-state index in [0.717, 1.165) is 5.30 Å². The van der Waals surface area contributed by atoms with Crippen LogP contribution in [-0.4, -0.2) is 4.92 Å². The third-order valence-corrected chi connectivity index (χ3v) is 9.93. The van der Waals surface area contributed by atoms with Gasteiger partial charge in [0.1, 0.15) is 0 Å². The SMILES string of the molecule is O=[N+]([O-])c1ccc([PH](c2ccccc2)(c2ccccc2)c2ccccc2)cc1. The normalized spacial score (nSPS) is 11.7. The number of benzene rings is 4. The van der Waals surface area contributed by atoms with Crippen LogP contribution >= 0.6 is 7.26 Å². The van der Waals surface area contributed by atoms with Crippen LogP contribution in [0.1, 0.15) is 0 Å². The van der Waals surface area contributed by atoms with Crippen molar-refractivity contribution in [2.24, 2.45) is 0 Å². The maximum absolute atomic E-state index is 11.2. The van der Waals surface area contributed by atoms with Crippen LogP contribution in [0.15, 0.2) is 115 Å². The maximum atomic E-state index is 11.2. The summed E-state index contributed by atoms with van der Waals surface area (Å²) in [5.74, 6) is 0. The van der Waals surface area contributed by atoms with Gasteiger partial charge in [-0.05, 0) is 0 Å². The predicted molar refractivity (Wildman–Crippen MR) is 119 cm³/mol. The zero-order chi connectivity index (χ0) is 19.4. The fourth-order valence-corrected chi connectivity index (χ4v) is 8.64. The number of rotatable bonds is 5. The summed E-state index contributed by atoms with van der Waals surface area (Å²) >= 11 is 0. The van der Waals surface area contributed by atoms with E-state index in [1.165, 1.54) is 15.9 Å². The van der Waals surface area contributed by atoms with Gasteiger partial charge in [-0.1, -0.05) is 0 Å². The number of hydrogen-bond donors (Lipinski definition) is 0. The molecule has 4 aromatic rings. The first-order valence-electron chi connectivity index (χ1n) is 9.14. The summed E-state index contributed by atoms with van der Waals surface area (Å²) in [4.78, 5) is 10.8. The Bertz CT molecular complexity index is 969. The number of nitro groups is 1. The molecule has 0 spiro atoms. The van der Waals surface area contributed by atoms with Crippen LogP contribution < -0.4 is 21.2 Å². The Morgan fingerprint density at radius 1 is 0.500 bits per heavy atom. The van der Waals surface area contributed by atoms with Crippen molar-refractivity contribution in [1.82, 2.24) is 0 Å². The molecule has 0 saturated heterocycles. The summed E-state index contributed by atoms with van der Waals surface area (Å²) in [6, 6.07) is 38.6. The molecule has 0 aromatic heterocycles. The molecule has 0 heterocycles. The molecule has 0 amide bonds. The van der Waals surface area contributed by atoms with E-state index < -0.39 is 7.26 Å². The van der Waals surface area contributed by atoms with Gasteiger partial charge >= 0.3 is 164 Å². The van der Waals surface area contributed by atoms with Crippen molar-refractivity contribution < 1.29 is 4.92 Å². The summed E-state index contributed by atoms with van der Waals surface area (Å²) in [7, 11) is -2.58. The van der Waals surface area contributed by atoms with Crippen molar-refractivity contribution >= 4 is 34.2 Å². The van der Waals surface area contributed by atoms with E-state index in [9.17, 15) is 10.1 Å². The van der Waals surface area contributed by atoms with E-state index in [0.29, 0.717) is 0 Å².